The van der Waals surface area contributed by atoms with Crippen LogP contribution in [0.25, 0.3) is 0 Å². The second-order valence-corrected chi connectivity index (χ2v) is 3.98. The minimum Gasteiger partial charge on any atom is -0.508 e. The molecule has 1 aromatic carbocycles. The summed E-state index contributed by atoms with van der Waals surface area (Å²) in [6.45, 7) is 9.78. The molecule has 1 unspecified atom stereocenters. The molecule has 0 aliphatic rings. The van der Waals surface area contributed by atoms with Crippen LogP contribution in [0.5, 0.6) is 5.75 Å². The van der Waals surface area contributed by atoms with Crippen molar-refractivity contribution in [1.29, 1.82) is 0 Å². The Morgan fingerprint density at radius 2 is 1.93 bits per heavy atom. The normalized spacial score (nSPS) is 13.1. The summed E-state index contributed by atoms with van der Waals surface area (Å²) in [7, 11) is 0. The van der Waals surface area contributed by atoms with E-state index in [0.29, 0.717) is 11.7 Å². The van der Waals surface area contributed by atoms with Gasteiger partial charge in [-0.05, 0) is 36.7 Å². The van der Waals surface area contributed by atoms with Crippen LogP contribution >= 0.6 is 0 Å². The molecule has 0 aromatic heterocycles. The monoisotopic (exact) mass is 207 g/mol. The van der Waals surface area contributed by atoms with Crippen LogP contribution in [-0.2, 0) is 0 Å². The Morgan fingerprint density at radius 3 is 2.47 bits per heavy atom. The van der Waals surface area contributed by atoms with E-state index in [9.17, 15) is 5.11 Å². The highest BCUT2D eigenvalue weighted by Gasteiger charge is 2.09. The number of hydrogen-bond donors (Lipinski definition) is 1. The van der Waals surface area contributed by atoms with E-state index in [1.54, 1.807) is 6.07 Å². The molecule has 15 heavy (non-hydrogen) atoms. The molecule has 2 nitrogen and oxygen atoms in total. The molecule has 0 heterocycles. The SMILES string of the molecule is CCN(CC)CC(C)c1cccc(O)c1. The maximum absolute atomic E-state index is 9.40. The number of nitrogens with zero attached hydrogens (tertiary/aromatic N) is 1. The van der Waals surface area contributed by atoms with Gasteiger partial charge in [-0.15, -0.1) is 0 Å². The van der Waals surface area contributed by atoms with E-state index in [4.69, 9.17) is 0 Å². The summed E-state index contributed by atoms with van der Waals surface area (Å²) in [5.41, 5.74) is 1.21. The Morgan fingerprint density at radius 1 is 1.27 bits per heavy atom. The number of benzene rings is 1. The molecule has 0 fully saturated rings. The first kappa shape index (κ1) is 12.1. The molecule has 1 N–H and O–H groups in total. The highest BCUT2D eigenvalue weighted by atomic mass is 16.3. The summed E-state index contributed by atoms with van der Waals surface area (Å²) in [6.07, 6.45) is 0. The number of phenolic OH excluding ortho intramolecular Hbond substituents is 1. The van der Waals surface area contributed by atoms with E-state index in [0.717, 1.165) is 19.6 Å². The van der Waals surface area contributed by atoms with Gasteiger partial charge in [0.25, 0.3) is 0 Å². The molecule has 1 atom stereocenters. The van der Waals surface area contributed by atoms with Crippen molar-refractivity contribution in [1.82, 2.24) is 4.90 Å². The Bertz CT molecular complexity index is 294. The summed E-state index contributed by atoms with van der Waals surface area (Å²) >= 11 is 0. The lowest BCUT2D eigenvalue weighted by Gasteiger charge is -2.22. The van der Waals surface area contributed by atoms with Gasteiger partial charge in [-0.25, -0.2) is 0 Å². The third-order valence-corrected chi connectivity index (χ3v) is 2.87. The van der Waals surface area contributed by atoms with Gasteiger partial charge >= 0.3 is 0 Å². The van der Waals surface area contributed by atoms with Gasteiger partial charge in [0, 0.05) is 6.54 Å². The van der Waals surface area contributed by atoms with Crippen LogP contribution in [0.3, 0.4) is 0 Å². The summed E-state index contributed by atoms with van der Waals surface area (Å²) < 4.78 is 0. The van der Waals surface area contributed by atoms with Gasteiger partial charge in [0.15, 0.2) is 0 Å². The number of aromatic hydroxyl groups is 1. The third-order valence-electron chi connectivity index (χ3n) is 2.87. The Labute approximate surface area is 92.5 Å². The van der Waals surface area contributed by atoms with Crippen molar-refractivity contribution in [3.63, 3.8) is 0 Å². The molecule has 0 amide bonds. The van der Waals surface area contributed by atoms with Gasteiger partial charge in [0.1, 0.15) is 5.75 Å². The minimum absolute atomic E-state index is 0.360. The molecular weight excluding hydrogens is 186 g/mol. The number of likely N-dealkylation sites (N-methyl/N-ethyl adjacent to an activating group) is 1. The molecule has 1 rings (SSSR count). The molecule has 0 aliphatic heterocycles. The van der Waals surface area contributed by atoms with Crippen molar-refractivity contribution in [2.24, 2.45) is 0 Å². The Kier molecular flexibility index (Phi) is 4.63. The fraction of sp³-hybridized carbons (Fsp3) is 0.538. The van der Waals surface area contributed by atoms with E-state index in [-0.39, 0.29) is 0 Å². The molecule has 0 bridgehead atoms. The van der Waals surface area contributed by atoms with Gasteiger partial charge in [-0.1, -0.05) is 32.9 Å². The van der Waals surface area contributed by atoms with Gasteiger partial charge in [0.2, 0.25) is 0 Å². The molecule has 0 radical (unpaired) electrons. The van der Waals surface area contributed by atoms with Crippen LogP contribution in [0, 0.1) is 0 Å². The highest BCUT2D eigenvalue weighted by Crippen LogP contribution is 2.20. The first-order valence-electron chi connectivity index (χ1n) is 5.68. The van der Waals surface area contributed by atoms with E-state index in [1.165, 1.54) is 5.56 Å². The van der Waals surface area contributed by atoms with Crippen LogP contribution in [0.4, 0.5) is 0 Å². The quantitative estimate of drug-likeness (QED) is 0.802. The summed E-state index contributed by atoms with van der Waals surface area (Å²) in [5, 5.41) is 9.40. The number of phenols is 1. The topological polar surface area (TPSA) is 23.5 Å². The van der Waals surface area contributed by atoms with Crippen molar-refractivity contribution >= 4 is 0 Å². The van der Waals surface area contributed by atoms with Crippen molar-refractivity contribution in [2.45, 2.75) is 26.7 Å². The van der Waals surface area contributed by atoms with Gasteiger partial charge in [0.05, 0.1) is 0 Å². The van der Waals surface area contributed by atoms with E-state index in [2.05, 4.69) is 31.7 Å². The van der Waals surface area contributed by atoms with Crippen LogP contribution in [0.1, 0.15) is 32.3 Å². The number of hydrogen-bond acceptors (Lipinski definition) is 2. The lowest BCUT2D eigenvalue weighted by Crippen LogP contribution is -2.27. The van der Waals surface area contributed by atoms with Crippen molar-refractivity contribution in [2.75, 3.05) is 19.6 Å². The Hall–Kier alpha value is -1.02. The largest absolute Gasteiger partial charge is 0.508 e. The summed E-state index contributed by atoms with van der Waals surface area (Å²) in [5.74, 6) is 0.830. The standard InChI is InChI=1S/C13H21NO/c1-4-14(5-2)10-11(3)12-7-6-8-13(15)9-12/h6-9,11,15H,4-5,10H2,1-3H3. The molecular formula is C13H21NO. The first-order chi connectivity index (χ1) is 7.17. The van der Waals surface area contributed by atoms with Gasteiger partial charge in [-0.3, -0.25) is 0 Å². The fourth-order valence-corrected chi connectivity index (χ4v) is 1.81. The maximum atomic E-state index is 9.40. The van der Waals surface area contributed by atoms with Crippen molar-refractivity contribution in [3.05, 3.63) is 29.8 Å². The van der Waals surface area contributed by atoms with Crippen molar-refractivity contribution in [3.8, 4) is 5.75 Å². The maximum Gasteiger partial charge on any atom is 0.115 e. The van der Waals surface area contributed by atoms with Crippen molar-refractivity contribution < 1.29 is 5.11 Å². The predicted molar refractivity (Wildman–Crippen MR) is 64.3 cm³/mol. The summed E-state index contributed by atoms with van der Waals surface area (Å²) in [4.78, 5) is 2.40. The molecule has 0 saturated heterocycles. The lowest BCUT2D eigenvalue weighted by atomic mass is 10.0. The average molecular weight is 207 g/mol. The van der Waals surface area contributed by atoms with Gasteiger partial charge < -0.3 is 10.0 Å². The zero-order valence-electron chi connectivity index (χ0n) is 9.90. The Balaban J connectivity index is 2.64. The van der Waals surface area contributed by atoms with Crippen LogP contribution < -0.4 is 0 Å². The molecule has 0 spiro atoms. The average Bonchev–Trinajstić information content (AvgIpc) is 2.25. The van der Waals surface area contributed by atoms with E-state index >= 15 is 0 Å². The first-order valence-corrected chi connectivity index (χ1v) is 5.68. The molecule has 0 saturated carbocycles. The third kappa shape index (κ3) is 3.56. The predicted octanol–water partition coefficient (Wildman–Crippen LogP) is 2.84. The van der Waals surface area contributed by atoms with Crippen LogP contribution in [0.2, 0.25) is 0 Å². The fourth-order valence-electron chi connectivity index (χ4n) is 1.81. The molecule has 1 aromatic rings. The lowest BCUT2D eigenvalue weighted by molar-refractivity contribution is 0.288. The zero-order chi connectivity index (χ0) is 11.3. The van der Waals surface area contributed by atoms with Crippen LogP contribution in [-0.4, -0.2) is 29.6 Å². The summed E-state index contributed by atoms with van der Waals surface area (Å²) in [6, 6.07) is 7.55. The van der Waals surface area contributed by atoms with E-state index < -0.39 is 0 Å². The highest BCUT2D eigenvalue weighted by molar-refractivity contribution is 5.29. The van der Waals surface area contributed by atoms with Crippen LogP contribution in [0.15, 0.2) is 24.3 Å². The zero-order valence-corrected chi connectivity index (χ0v) is 9.90. The smallest absolute Gasteiger partial charge is 0.115 e. The molecule has 0 aliphatic carbocycles. The second kappa shape index (κ2) is 5.76. The minimum atomic E-state index is 0.360. The van der Waals surface area contributed by atoms with Gasteiger partial charge in [-0.2, -0.15) is 0 Å². The second-order valence-electron chi connectivity index (χ2n) is 3.98. The molecule has 2 heteroatoms. The number of rotatable bonds is 5. The van der Waals surface area contributed by atoms with E-state index in [1.807, 2.05) is 12.1 Å². The molecule has 84 valence electrons.